The molecule has 1 fully saturated rings. The molecule has 0 unspecified atom stereocenters. The lowest BCUT2D eigenvalue weighted by Crippen LogP contribution is -2.66. The van der Waals surface area contributed by atoms with Crippen molar-refractivity contribution in [2.45, 2.75) is 19.4 Å². The molecule has 1 aromatic rings. The number of furan rings is 1. The highest BCUT2D eigenvalue weighted by atomic mass is 16.3. The van der Waals surface area contributed by atoms with E-state index in [9.17, 15) is 4.79 Å². The second-order valence-electron chi connectivity index (χ2n) is 4.21. The number of hydrogen-bond acceptors (Lipinski definition) is 3. The topological polar surface area (TPSA) is 59.5 Å². The average molecular weight is 194 g/mol. The van der Waals surface area contributed by atoms with Crippen molar-refractivity contribution in [3.63, 3.8) is 0 Å². The van der Waals surface area contributed by atoms with Gasteiger partial charge in [0.2, 0.25) is 0 Å². The molecule has 1 amide bonds. The first-order valence-corrected chi connectivity index (χ1v) is 4.62. The van der Waals surface area contributed by atoms with Crippen LogP contribution in [-0.4, -0.2) is 29.4 Å². The fourth-order valence-corrected chi connectivity index (χ4v) is 1.75. The lowest BCUT2D eigenvalue weighted by molar-refractivity contribution is 0.0452. The quantitative estimate of drug-likeness (QED) is 0.718. The van der Waals surface area contributed by atoms with E-state index in [1.54, 1.807) is 17.9 Å². The van der Waals surface area contributed by atoms with Crippen LogP contribution >= 0.6 is 0 Å². The summed E-state index contributed by atoms with van der Waals surface area (Å²) in [5.74, 6) is 0.680. The number of amides is 1. The summed E-state index contributed by atoms with van der Waals surface area (Å²) >= 11 is 0. The number of rotatable bonds is 1. The fraction of sp³-hybridized carbons (Fsp3) is 0.500. The summed E-state index contributed by atoms with van der Waals surface area (Å²) in [6.07, 6.45) is 1.53. The highest BCUT2D eigenvalue weighted by molar-refractivity contribution is 5.95. The molecule has 4 nitrogen and oxygen atoms in total. The zero-order chi connectivity index (χ0) is 10.3. The molecule has 0 spiro atoms. The van der Waals surface area contributed by atoms with Gasteiger partial charge < -0.3 is 15.1 Å². The van der Waals surface area contributed by atoms with Gasteiger partial charge in [-0.3, -0.25) is 4.79 Å². The highest BCUT2D eigenvalue weighted by Crippen LogP contribution is 2.21. The van der Waals surface area contributed by atoms with E-state index in [1.807, 2.05) is 6.92 Å². The SMILES string of the molecule is Cc1occc1C(=O)N1CC(C)(N)C1. The molecule has 1 aliphatic heterocycles. The molecule has 1 aromatic heterocycles. The molecule has 1 aliphatic rings. The Labute approximate surface area is 82.7 Å². The minimum Gasteiger partial charge on any atom is -0.469 e. The van der Waals surface area contributed by atoms with E-state index in [2.05, 4.69) is 0 Å². The van der Waals surface area contributed by atoms with Crippen molar-refractivity contribution in [2.75, 3.05) is 13.1 Å². The number of hydrogen-bond donors (Lipinski definition) is 1. The largest absolute Gasteiger partial charge is 0.469 e. The van der Waals surface area contributed by atoms with Crippen LogP contribution in [0.15, 0.2) is 16.7 Å². The van der Waals surface area contributed by atoms with Crippen molar-refractivity contribution in [3.8, 4) is 0 Å². The zero-order valence-electron chi connectivity index (χ0n) is 8.41. The first-order valence-electron chi connectivity index (χ1n) is 4.62. The summed E-state index contributed by atoms with van der Waals surface area (Å²) in [6.45, 7) is 4.97. The van der Waals surface area contributed by atoms with E-state index in [0.29, 0.717) is 24.4 Å². The maximum atomic E-state index is 11.8. The minimum absolute atomic E-state index is 0.0131. The lowest BCUT2D eigenvalue weighted by Gasteiger charge is -2.45. The highest BCUT2D eigenvalue weighted by Gasteiger charge is 2.38. The summed E-state index contributed by atoms with van der Waals surface area (Å²) in [5.41, 5.74) is 6.25. The monoisotopic (exact) mass is 194 g/mol. The fourth-order valence-electron chi connectivity index (χ4n) is 1.75. The molecule has 2 rings (SSSR count). The maximum Gasteiger partial charge on any atom is 0.257 e. The zero-order valence-corrected chi connectivity index (χ0v) is 8.41. The van der Waals surface area contributed by atoms with Gasteiger partial charge in [0.1, 0.15) is 5.76 Å². The van der Waals surface area contributed by atoms with Crippen LogP contribution in [0.2, 0.25) is 0 Å². The minimum atomic E-state index is -0.215. The van der Waals surface area contributed by atoms with Gasteiger partial charge in [0.25, 0.3) is 5.91 Å². The van der Waals surface area contributed by atoms with Crippen molar-refractivity contribution in [1.82, 2.24) is 4.90 Å². The maximum absolute atomic E-state index is 11.8. The van der Waals surface area contributed by atoms with E-state index >= 15 is 0 Å². The summed E-state index contributed by atoms with van der Waals surface area (Å²) in [4.78, 5) is 13.5. The number of carbonyl (C=O) groups excluding carboxylic acids is 1. The van der Waals surface area contributed by atoms with Crippen molar-refractivity contribution < 1.29 is 9.21 Å². The summed E-state index contributed by atoms with van der Waals surface area (Å²) < 4.78 is 5.08. The van der Waals surface area contributed by atoms with E-state index < -0.39 is 0 Å². The van der Waals surface area contributed by atoms with Gasteiger partial charge in [-0.2, -0.15) is 0 Å². The third kappa shape index (κ3) is 1.42. The smallest absolute Gasteiger partial charge is 0.257 e. The molecule has 2 N–H and O–H groups in total. The molecule has 4 heteroatoms. The number of nitrogens with zero attached hydrogens (tertiary/aromatic N) is 1. The van der Waals surface area contributed by atoms with Crippen molar-refractivity contribution in [3.05, 3.63) is 23.7 Å². The molecule has 1 saturated heterocycles. The summed E-state index contributed by atoms with van der Waals surface area (Å²) in [7, 11) is 0. The molecule has 0 aliphatic carbocycles. The van der Waals surface area contributed by atoms with Crippen LogP contribution < -0.4 is 5.73 Å². The lowest BCUT2D eigenvalue weighted by atomic mass is 9.93. The van der Waals surface area contributed by atoms with Gasteiger partial charge in [-0.25, -0.2) is 0 Å². The molecule has 0 saturated carbocycles. The van der Waals surface area contributed by atoms with Gasteiger partial charge in [0, 0.05) is 18.6 Å². The van der Waals surface area contributed by atoms with Gasteiger partial charge in [-0.15, -0.1) is 0 Å². The first kappa shape index (κ1) is 9.27. The Morgan fingerprint density at radius 3 is 2.71 bits per heavy atom. The summed E-state index contributed by atoms with van der Waals surface area (Å²) in [5, 5.41) is 0. The Morgan fingerprint density at radius 1 is 1.64 bits per heavy atom. The number of aryl methyl sites for hydroxylation is 1. The molecular formula is C10H14N2O2. The predicted molar refractivity (Wildman–Crippen MR) is 51.9 cm³/mol. The van der Waals surface area contributed by atoms with E-state index in [-0.39, 0.29) is 11.4 Å². The number of carbonyl (C=O) groups is 1. The van der Waals surface area contributed by atoms with Crippen LogP contribution in [0.25, 0.3) is 0 Å². The standard InChI is InChI=1S/C10H14N2O2/c1-7-8(3-4-14-7)9(13)12-5-10(2,11)6-12/h3-4H,5-6,11H2,1-2H3. The van der Waals surface area contributed by atoms with Crippen molar-refractivity contribution in [2.24, 2.45) is 5.73 Å². The Kier molecular flexibility index (Phi) is 1.89. The van der Waals surface area contributed by atoms with E-state index in [4.69, 9.17) is 10.2 Å². The number of nitrogens with two attached hydrogens (primary N) is 1. The second-order valence-corrected chi connectivity index (χ2v) is 4.21. The van der Waals surface area contributed by atoms with Crippen LogP contribution in [0, 0.1) is 6.92 Å². The van der Waals surface area contributed by atoms with Gasteiger partial charge in [0.15, 0.2) is 0 Å². The third-order valence-corrected chi connectivity index (χ3v) is 2.48. The average Bonchev–Trinajstić information content (AvgIpc) is 2.45. The van der Waals surface area contributed by atoms with Crippen molar-refractivity contribution >= 4 is 5.91 Å². The van der Waals surface area contributed by atoms with E-state index in [0.717, 1.165) is 0 Å². The van der Waals surface area contributed by atoms with Crippen molar-refractivity contribution in [1.29, 1.82) is 0 Å². The molecule has 76 valence electrons. The van der Waals surface area contributed by atoms with Crippen LogP contribution in [-0.2, 0) is 0 Å². The molecule has 2 heterocycles. The molecule has 0 atom stereocenters. The van der Waals surface area contributed by atoms with Gasteiger partial charge >= 0.3 is 0 Å². The molecule has 0 aromatic carbocycles. The van der Waals surface area contributed by atoms with E-state index in [1.165, 1.54) is 6.26 Å². The Bertz CT molecular complexity index is 360. The third-order valence-electron chi connectivity index (χ3n) is 2.48. The van der Waals surface area contributed by atoms with Gasteiger partial charge in [0.05, 0.1) is 11.8 Å². The molecule has 0 radical (unpaired) electrons. The summed E-state index contributed by atoms with van der Waals surface area (Å²) in [6, 6.07) is 1.70. The second kappa shape index (κ2) is 2.85. The predicted octanol–water partition coefficient (Wildman–Crippen LogP) is 0.761. The molecule has 14 heavy (non-hydrogen) atoms. The van der Waals surface area contributed by atoms with Gasteiger partial charge in [-0.1, -0.05) is 0 Å². The Morgan fingerprint density at radius 2 is 2.29 bits per heavy atom. The molecule has 0 bridgehead atoms. The van der Waals surface area contributed by atoms with Crippen LogP contribution in [0.3, 0.4) is 0 Å². The molecular weight excluding hydrogens is 180 g/mol. The van der Waals surface area contributed by atoms with Crippen LogP contribution in [0.4, 0.5) is 0 Å². The number of likely N-dealkylation sites (tertiary alicyclic amines) is 1. The van der Waals surface area contributed by atoms with Crippen LogP contribution in [0.1, 0.15) is 23.0 Å². The normalized spacial score (nSPS) is 19.2. The van der Waals surface area contributed by atoms with Gasteiger partial charge in [-0.05, 0) is 19.9 Å². The Balaban J connectivity index is 2.08. The van der Waals surface area contributed by atoms with Crippen LogP contribution in [0.5, 0.6) is 0 Å². The first-order chi connectivity index (χ1) is 6.49. The Hall–Kier alpha value is -1.29.